The Hall–Kier alpha value is -0.630. The zero-order chi connectivity index (χ0) is 12.3. The molecule has 0 aromatic heterocycles. The van der Waals surface area contributed by atoms with Crippen molar-refractivity contribution in [1.29, 1.82) is 0 Å². The smallest absolute Gasteiger partial charge is 0.155 e. The predicted molar refractivity (Wildman–Crippen MR) is 66.7 cm³/mol. The van der Waals surface area contributed by atoms with E-state index in [0.29, 0.717) is 17.6 Å². The number of carbonyl (C=O) groups is 1. The minimum atomic E-state index is 0.149. The first-order valence-corrected chi connectivity index (χ1v) is 6.82. The normalized spacial score (nSPS) is 49.6. The van der Waals surface area contributed by atoms with Crippen LogP contribution in [0.5, 0.6) is 0 Å². The maximum absolute atomic E-state index is 11.7. The van der Waals surface area contributed by atoms with Crippen LogP contribution < -0.4 is 0 Å². The average Bonchev–Trinajstić information content (AvgIpc) is 2.99. The monoisotopic (exact) mass is 234 g/mol. The highest BCUT2D eigenvalue weighted by atomic mass is 16.6. The van der Waals surface area contributed by atoms with Crippen molar-refractivity contribution >= 4 is 5.78 Å². The second-order valence-corrected chi connectivity index (χ2v) is 6.70. The van der Waals surface area contributed by atoms with Gasteiger partial charge in [-0.2, -0.15) is 0 Å². The van der Waals surface area contributed by atoms with Gasteiger partial charge in [-0.1, -0.05) is 19.4 Å². The molecule has 3 rings (SSSR count). The van der Waals surface area contributed by atoms with E-state index in [1.165, 1.54) is 18.4 Å². The van der Waals surface area contributed by atoms with E-state index in [1.807, 2.05) is 6.08 Å². The van der Waals surface area contributed by atoms with E-state index in [9.17, 15) is 4.79 Å². The maximum Gasteiger partial charge on any atom is 0.155 e. The van der Waals surface area contributed by atoms with Crippen molar-refractivity contribution in [2.24, 2.45) is 17.3 Å². The van der Waals surface area contributed by atoms with Crippen LogP contribution in [0.15, 0.2) is 11.6 Å². The Morgan fingerprint density at radius 1 is 1.41 bits per heavy atom. The van der Waals surface area contributed by atoms with Gasteiger partial charge in [0.1, 0.15) is 0 Å². The standard InChI is InChI=1S/C15H22O2/c1-10-6-13(16)7-11-4-5-12(8-14(10,11)2)15(3)9-17-15/h7,10,12H,4-6,8-9H2,1-3H3/t10-,12-,14+,15-/m1/s1. The second-order valence-electron chi connectivity index (χ2n) is 6.70. The third-order valence-corrected chi connectivity index (χ3v) is 5.56. The lowest BCUT2D eigenvalue weighted by Crippen LogP contribution is -2.41. The summed E-state index contributed by atoms with van der Waals surface area (Å²) < 4.78 is 5.63. The average molecular weight is 234 g/mol. The van der Waals surface area contributed by atoms with Crippen LogP contribution in [0.2, 0.25) is 0 Å². The molecular formula is C15H22O2. The zero-order valence-electron chi connectivity index (χ0n) is 11.1. The summed E-state index contributed by atoms with van der Waals surface area (Å²) in [5, 5.41) is 0. The number of fused-ring (bicyclic) bond motifs is 1. The number of ether oxygens (including phenoxy) is 1. The van der Waals surface area contributed by atoms with E-state index in [1.54, 1.807) is 0 Å². The van der Waals surface area contributed by atoms with Gasteiger partial charge in [-0.15, -0.1) is 0 Å². The summed E-state index contributed by atoms with van der Waals surface area (Å²) in [6.45, 7) is 7.77. The molecule has 0 radical (unpaired) electrons. The molecule has 0 aromatic carbocycles. The minimum Gasteiger partial charge on any atom is -0.370 e. The SMILES string of the molecule is C[C@@H]1CC(=O)C=C2CC[C@@H]([C@@]3(C)CO3)C[C@]21C. The van der Waals surface area contributed by atoms with Crippen LogP contribution in [0.4, 0.5) is 0 Å². The summed E-state index contributed by atoms with van der Waals surface area (Å²) >= 11 is 0. The van der Waals surface area contributed by atoms with E-state index in [4.69, 9.17) is 4.74 Å². The molecule has 2 nitrogen and oxygen atoms in total. The van der Waals surface area contributed by atoms with Crippen LogP contribution in [-0.4, -0.2) is 18.0 Å². The first kappa shape index (κ1) is 11.5. The summed E-state index contributed by atoms with van der Waals surface area (Å²) in [4.78, 5) is 11.7. The molecule has 2 aliphatic carbocycles. The Labute approximate surface area is 103 Å². The number of ketones is 1. The molecule has 0 spiro atoms. The highest BCUT2D eigenvalue weighted by Gasteiger charge is 2.53. The molecule has 1 heterocycles. The number of epoxide rings is 1. The number of carbonyl (C=O) groups excluding carboxylic acids is 1. The molecule has 4 atom stereocenters. The lowest BCUT2D eigenvalue weighted by molar-refractivity contribution is -0.117. The number of rotatable bonds is 1. The summed E-state index contributed by atoms with van der Waals surface area (Å²) in [5.41, 5.74) is 1.79. The molecule has 3 aliphatic rings. The molecule has 1 aliphatic heterocycles. The third kappa shape index (κ3) is 1.69. The fourth-order valence-corrected chi connectivity index (χ4v) is 3.77. The fraction of sp³-hybridized carbons (Fsp3) is 0.800. The summed E-state index contributed by atoms with van der Waals surface area (Å²) in [5.74, 6) is 1.50. The largest absolute Gasteiger partial charge is 0.370 e. The van der Waals surface area contributed by atoms with Gasteiger partial charge in [-0.05, 0) is 49.5 Å². The second kappa shape index (κ2) is 3.44. The van der Waals surface area contributed by atoms with Crippen molar-refractivity contribution in [3.63, 3.8) is 0 Å². The van der Waals surface area contributed by atoms with Gasteiger partial charge >= 0.3 is 0 Å². The van der Waals surface area contributed by atoms with Crippen LogP contribution >= 0.6 is 0 Å². The van der Waals surface area contributed by atoms with Crippen molar-refractivity contribution in [2.45, 2.75) is 52.1 Å². The molecule has 0 aromatic rings. The lowest BCUT2D eigenvalue weighted by atomic mass is 9.57. The van der Waals surface area contributed by atoms with Gasteiger partial charge in [0.25, 0.3) is 0 Å². The Morgan fingerprint density at radius 2 is 2.12 bits per heavy atom. The highest BCUT2D eigenvalue weighted by Crippen LogP contribution is 2.55. The molecule has 17 heavy (non-hydrogen) atoms. The minimum absolute atomic E-state index is 0.149. The highest BCUT2D eigenvalue weighted by molar-refractivity contribution is 5.92. The molecular weight excluding hydrogens is 212 g/mol. The molecule has 0 N–H and O–H groups in total. The molecule has 2 fully saturated rings. The molecule has 0 amide bonds. The quantitative estimate of drug-likeness (QED) is 0.652. The molecule has 0 bridgehead atoms. The van der Waals surface area contributed by atoms with Gasteiger partial charge in [0, 0.05) is 6.42 Å². The number of hydrogen-bond acceptors (Lipinski definition) is 2. The topological polar surface area (TPSA) is 29.6 Å². The van der Waals surface area contributed by atoms with Crippen LogP contribution in [0.1, 0.15) is 46.5 Å². The van der Waals surface area contributed by atoms with Crippen LogP contribution in [0.3, 0.4) is 0 Å². The van der Waals surface area contributed by atoms with Gasteiger partial charge in [-0.25, -0.2) is 0 Å². The number of allylic oxidation sites excluding steroid dienone is 2. The van der Waals surface area contributed by atoms with E-state index in [-0.39, 0.29) is 11.0 Å². The molecule has 1 saturated heterocycles. The lowest BCUT2D eigenvalue weighted by Gasteiger charge is -2.47. The van der Waals surface area contributed by atoms with Crippen LogP contribution in [0, 0.1) is 17.3 Å². The zero-order valence-corrected chi connectivity index (χ0v) is 11.1. The fourth-order valence-electron chi connectivity index (χ4n) is 3.77. The molecule has 94 valence electrons. The van der Waals surface area contributed by atoms with Crippen molar-refractivity contribution < 1.29 is 9.53 Å². The maximum atomic E-state index is 11.7. The Kier molecular flexibility index (Phi) is 2.32. The van der Waals surface area contributed by atoms with Gasteiger partial charge in [-0.3, -0.25) is 4.79 Å². The van der Waals surface area contributed by atoms with Crippen molar-refractivity contribution in [1.82, 2.24) is 0 Å². The van der Waals surface area contributed by atoms with Crippen LogP contribution in [-0.2, 0) is 9.53 Å². The van der Waals surface area contributed by atoms with E-state index in [0.717, 1.165) is 19.4 Å². The molecule has 2 heteroatoms. The summed E-state index contributed by atoms with van der Waals surface area (Å²) in [7, 11) is 0. The van der Waals surface area contributed by atoms with Crippen molar-refractivity contribution in [2.75, 3.05) is 6.61 Å². The Balaban J connectivity index is 1.88. The van der Waals surface area contributed by atoms with E-state index >= 15 is 0 Å². The van der Waals surface area contributed by atoms with E-state index < -0.39 is 0 Å². The Bertz CT molecular complexity index is 392. The van der Waals surface area contributed by atoms with E-state index in [2.05, 4.69) is 20.8 Å². The molecule has 0 unspecified atom stereocenters. The van der Waals surface area contributed by atoms with Gasteiger partial charge in [0.15, 0.2) is 5.78 Å². The predicted octanol–water partition coefficient (Wildman–Crippen LogP) is 3.12. The summed E-state index contributed by atoms with van der Waals surface area (Å²) in [6.07, 6.45) is 6.15. The van der Waals surface area contributed by atoms with Gasteiger partial charge in [0.2, 0.25) is 0 Å². The van der Waals surface area contributed by atoms with Crippen LogP contribution in [0.25, 0.3) is 0 Å². The number of hydrogen-bond donors (Lipinski definition) is 0. The first-order valence-electron chi connectivity index (χ1n) is 6.82. The Morgan fingerprint density at radius 3 is 2.76 bits per heavy atom. The van der Waals surface area contributed by atoms with Gasteiger partial charge < -0.3 is 4.74 Å². The summed E-state index contributed by atoms with van der Waals surface area (Å²) in [6, 6.07) is 0. The van der Waals surface area contributed by atoms with Crippen molar-refractivity contribution in [3.05, 3.63) is 11.6 Å². The van der Waals surface area contributed by atoms with Crippen molar-refractivity contribution in [3.8, 4) is 0 Å². The third-order valence-electron chi connectivity index (χ3n) is 5.56. The molecule has 1 saturated carbocycles. The first-order chi connectivity index (χ1) is 7.94. The van der Waals surface area contributed by atoms with Gasteiger partial charge in [0.05, 0.1) is 12.2 Å².